The third kappa shape index (κ3) is 4.51. The van der Waals surface area contributed by atoms with Gasteiger partial charge in [0, 0.05) is 32.6 Å². The van der Waals surface area contributed by atoms with Crippen LogP contribution in [0, 0.1) is 0 Å². The van der Waals surface area contributed by atoms with Gasteiger partial charge in [-0.15, -0.1) is 0 Å². The molecule has 1 aliphatic heterocycles. The summed E-state index contributed by atoms with van der Waals surface area (Å²) in [5.74, 6) is 0.204. The van der Waals surface area contributed by atoms with Crippen LogP contribution in [0.25, 0.3) is 16.5 Å². The highest BCUT2D eigenvalue weighted by Crippen LogP contribution is 2.21. The first-order valence-corrected chi connectivity index (χ1v) is 10.5. The van der Waals surface area contributed by atoms with Gasteiger partial charge in [0.1, 0.15) is 11.5 Å². The number of piperidine rings is 1. The molecule has 0 bridgehead atoms. The van der Waals surface area contributed by atoms with E-state index in [9.17, 15) is 9.59 Å². The third-order valence-corrected chi connectivity index (χ3v) is 5.53. The van der Waals surface area contributed by atoms with E-state index in [-0.39, 0.29) is 17.5 Å². The molecule has 1 saturated heterocycles. The van der Waals surface area contributed by atoms with Crippen LogP contribution in [0.5, 0.6) is 0 Å². The summed E-state index contributed by atoms with van der Waals surface area (Å²) < 4.78 is 0. The summed E-state index contributed by atoms with van der Waals surface area (Å²) in [6, 6.07) is 11.0. The lowest BCUT2D eigenvalue weighted by atomic mass is 10.1. The minimum Gasteiger partial charge on any atom is -0.404 e. The second kappa shape index (κ2) is 9.42. The van der Waals surface area contributed by atoms with Crippen LogP contribution in [0.1, 0.15) is 29.2 Å². The molecule has 0 radical (unpaired) electrons. The Kier molecular flexibility index (Phi) is 6.25. The molecule has 1 fully saturated rings. The van der Waals surface area contributed by atoms with E-state index in [2.05, 4.69) is 30.2 Å². The number of benzene rings is 1. The number of rotatable bonds is 5. The van der Waals surface area contributed by atoms with E-state index >= 15 is 0 Å². The topological polar surface area (TPSA) is 129 Å². The van der Waals surface area contributed by atoms with Crippen molar-refractivity contribution >= 4 is 34.3 Å². The molecular weight excluding hydrogens is 406 g/mol. The van der Waals surface area contributed by atoms with Gasteiger partial charge in [0.2, 0.25) is 0 Å². The van der Waals surface area contributed by atoms with E-state index < -0.39 is 0 Å². The molecule has 164 valence electrons. The number of H-pyrrole nitrogens is 1. The molecule has 0 aliphatic carbocycles. The Bertz CT molecular complexity index is 1220. The molecule has 3 heterocycles. The lowest BCUT2D eigenvalue weighted by molar-refractivity contribution is 0.0958. The largest absolute Gasteiger partial charge is 0.404 e. The Morgan fingerprint density at radius 2 is 2.03 bits per heavy atom. The van der Waals surface area contributed by atoms with E-state index in [1.807, 2.05) is 12.1 Å². The maximum absolute atomic E-state index is 12.3. The van der Waals surface area contributed by atoms with Crippen LogP contribution in [0.15, 0.2) is 58.6 Å². The second-order valence-electron chi connectivity index (χ2n) is 7.53. The second-order valence-corrected chi connectivity index (χ2v) is 7.53. The quantitative estimate of drug-likeness (QED) is 0.528. The van der Waals surface area contributed by atoms with Gasteiger partial charge in [-0.2, -0.15) is 0 Å². The van der Waals surface area contributed by atoms with Crippen LogP contribution in [0.3, 0.4) is 0 Å². The van der Waals surface area contributed by atoms with E-state index in [4.69, 9.17) is 5.73 Å². The molecule has 0 unspecified atom stereocenters. The van der Waals surface area contributed by atoms with Crippen molar-refractivity contribution in [1.82, 2.24) is 20.3 Å². The number of aromatic amines is 1. The van der Waals surface area contributed by atoms with Crippen molar-refractivity contribution in [3.05, 3.63) is 70.7 Å². The maximum atomic E-state index is 12.3. The minimum atomic E-state index is -0.206. The fourth-order valence-electron chi connectivity index (χ4n) is 3.70. The molecule has 0 atom stereocenters. The smallest absolute Gasteiger partial charge is 0.269 e. The maximum Gasteiger partial charge on any atom is 0.269 e. The number of aliphatic imine (C=N–C) groups is 1. The summed E-state index contributed by atoms with van der Waals surface area (Å²) in [5.41, 5.74) is 8.17. The molecule has 0 saturated carbocycles. The SMILES string of the molecule is CNC(=O)c1ccc(N2CCC(N=C/C(=C\N)c3nc4ccccc4c(=O)[nH]3)CC2)cn1. The number of carbonyl (C=O) groups is 1. The lowest BCUT2D eigenvalue weighted by Crippen LogP contribution is -2.35. The van der Waals surface area contributed by atoms with Gasteiger partial charge in [-0.3, -0.25) is 14.6 Å². The number of para-hydroxylation sites is 1. The molecule has 4 rings (SSSR count). The highest BCUT2D eigenvalue weighted by molar-refractivity contribution is 6.08. The van der Waals surface area contributed by atoms with Gasteiger partial charge < -0.3 is 20.9 Å². The standard InChI is InChI=1S/C23H25N7O2/c1-25-23(32)20-7-6-17(14-27-20)30-10-8-16(9-11-30)26-13-15(12-24)21-28-19-5-3-2-4-18(19)22(31)29-21/h2-7,12-14,16H,8-11,24H2,1H3,(H,25,32)(H,28,29,31)/b15-12+,26-13?. The third-order valence-electron chi connectivity index (χ3n) is 5.53. The molecule has 1 aliphatic rings. The molecule has 9 heteroatoms. The molecule has 9 nitrogen and oxygen atoms in total. The fourth-order valence-corrected chi connectivity index (χ4v) is 3.70. The number of carbonyl (C=O) groups excluding carboxylic acids is 1. The molecule has 1 aromatic carbocycles. The Labute approximate surface area is 185 Å². The van der Waals surface area contributed by atoms with E-state index in [0.717, 1.165) is 31.6 Å². The summed E-state index contributed by atoms with van der Waals surface area (Å²) in [6.45, 7) is 1.66. The highest BCUT2D eigenvalue weighted by atomic mass is 16.1. The molecule has 2 aromatic heterocycles. The number of pyridine rings is 1. The Balaban J connectivity index is 1.40. The summed E-state index contributed by atoms with van der Waals surface area (Å²) in [7, 11) is 1.59. The summed E-state index contributed by atoms with van der Waals surface area (Å²) in [4.78, 5) is 42.4. The number of hydrogen-bond acceptors (Lipinski definition) is 7. The monoisotopic (exact) mass is 431 g/mol. The van der Waals surface area contributed by atoms with Crippen LogP contribution in [0.2, 0.25) is 0 Å². The van der Waals surface area contributed by atoms with E-state index in [1.165, 1.54) is 6.20 Å². The number of nitrogens with zero attached hydrogens (tertiary/aromatic N) is 4. The van der Waals surface area contributed by atoms with Crippen molar-refractivity contribution in [3.8, 4) is 0 Å². The van der Waals surface area contributed by atoms with Crippen molar-refractivity contribution in [2.24, 2.45) is 10.7 Å². The van der Waals surface area contributed by atoms with Gasteiger partial charge in [0.15, 0.2) is 0 Å². The number of nitrogens with two attached hydrogens (primary N) is 1. The first-order valence-electron chi connectivity index (χ1n) is 10.5. The van der Waals surface area contributed by atoms with Crippen LogP contribution in [0.4, 0.5) is 5.69 Å². The van der Waals surface area contributed by atoms with Crippen molar-refractivity contribution in [2.75, 3.05) is 25.0 Å². The molecule has 3 aromatic rings. The Morgan fingerprint density at radius 1 is 1.25 bits per heavy atom. The first-order chi connectivity index (χ1) is 15.6. The van der Waals surface area contributed by atoms with Crippen molar-refractivity contribution in [3.63, 3.8) is 0 Å². The van der Waals surface area contributed by atoms with E-state index in [0.29, 0.717) is 28.0 Å². The van der Waals surface area contributed by atoms with Crippen molar-refractivity contribution < 1.29 is 4.79 Å². The van der Waals surface area contributed by atoms with Crippen LogP contribution < -0.4 is 21.5 Å². The molecular formula is C23H25N7O2. The van der Waals surface area contributed by atoms with Gasteiger partial charge in [-0.25, -0.2) is 9.97 Å². The van der Waals surface area contributed by atoms with Gasteiger partial charge in [-0.1, -0.05) is 12.1 Å². The van der Waals surface area contributed by atoms with Crippen LogP contribution in [-0.2, 0) is 0 Å². The molecule has 4 N–H and O–H groups in total. The minimum absolute atomic E-state index is 0.145. The zero-order chi connectivity index (χ0) is 22.5. The molecule has 32 heavy (non-hydrogen) atoms. The fraction of sp³-hybridized carbons (Fsp3) is 0.261. The Hall–Kier alpha value is -4.01. The lowest BCUT2D eigenvalue weighted by Gasteiger charge is -2.31. The number of amides is 1. The van der Waals surface area contributed by atoms with Gasteiger partial charge >= 0.3 is 0 Å². The molecule has 0 spiro atoms. The Morgan fingerprint density at radius 3 is 2.72 bits per heavy atom. The zero-order valence-corrected chi connectivity index (χ0v) is 17.8. The highest BCUT2D eigenvalue weighted by Gasteiger charge is 2.19. The normalized spacial score (nSPS) is 15.4. The van der Waals surface area contributed by atoms with Gasteiger partial charge in [-0.05, 0) is 37.1 Å². The van der Waals surface area contributed by atoms with Crippen LogP contribution >= 0.6 is 0 Å². The van der Waals surface area contributed by atoms with Gasteiger partial charge in [0.25, 0.3) is 11.5 Å². The van der Waals surface area contributed by atoms with E-state index in [1.54, 1.807) is 43.7 Å². The number of fused-ring (bicyclic) bond motifs is 1. The predicted octanol–water partition coefficient (Wildman–Crippen LogP) is 1.72. The number of allylic oxidation sites excluding steroid dienone is 1. The number of nitrogens with one attached hydrogen (secondary N) is 2. The van der Waals surface area contributed by atoms with Crippen molar-refractivity contribution in [2.45, 2.75) is 18.9 Å². The number of aromatic nitrogens is 3. The summed E-state index contributed by atoms with van der Waals surface area (Å²) in [6.07, 6.45) is 6.56. The number of anilines is 1. The number of hydrogen-bond donors (Lipinski definition) is 3. The van der Waals surface area contributed by atoms with Crippen molar-refractivity contribution in [1.29, 1.82) is 0 Å². The summed E-state index contributed by atoms with van der Waals surface area (Å²) in [5, 5.41) is 3.11. The average molecular weight is 432 g/mol. The summed E-state index contributed by atoms with van der Waals surface area (Å²) >= 11 is 0. The van der Waals surface area contributed by atoms with Gasteiger partial charge in [0.05, 0.1) is 34.4 Å². The average Bonchev–Trinajstić information content (AvgIpc) is 2.84. The first kappa shape index (κ1) is 21.2. The molecule has 1 amide bonds. The van der Waals surface area contributed by atoms with Crippen LogP contribution in [-0.4, -0.2) is 53.3 Å². The predicted molar refractivity (Wildman–Crippen MR) is 126 cm³/mol. The zero-order valence-electron chi connectivity index (χ0n) is 17.8.